The van der Waals surface area contributed by atoms with Gasteiger partial charge in [0, 0.05) is 27.9 Å². The monoisotopic (exact) mass is 487 g/mol. The van der Waals surface area contributed by atoms with E-state index in [9.17, 15) is 9.90 Å². The van der Waals surface area contributed by atoms with E-state index in [1.54, 1.807) is 49.1 Å². The third kappa shape index (κ3) is 4.32. The average molecular weight is 488 g/mol. The van der Waals surface area contributed by atoms with E-state index in [1.807, 2.05) is 24.3 Å². The molecule has 2 aromatic carbocycles. The number of nitriles is 1. The lowest BCUT2D eigenvalue weighted by Gasteiger charge is -2.39. The minimum absolute atomic E-state index is 0.185. The van der Waals surface area contributed by atoms with Crippen LogP contribution in [0.4, 0.5) is 0 Å². The highest BCUT2D eigenvalue weighted by atomic mass is 35.5. The number of hydrogen-bond acceptors (Lipinski definition) is 5. The van der Waals surface area contributed by atoms with Gasteiger partial charge in [-0.3, -0.25) is 14.7 Å². The minimum atomic E-state index is -1.17. The average Bonchev–Trinajstić information content (AvgIpc) is 3.65. The van der Waals surface area contributed by atoms with Crippen LogP contribution in [0, 0.1) is 17.2 Å². The zero-order valence-electron chi connectivity index (χ0n) is 19.7. The quantitative estimate of drug-likeness (QED) is 0.500. The van der Waals surface area contributed by atoms with E-state index in [4.69, 9.17) is 21.6 Å². The molecule has 6 nitrogen and oxygen atoms in total. The molecule has 1 N–H and O–H groups in total. The van der Waals surface area contributed by atoms with Crippen molar-refractivity contribution in [1.82, 2.24) is 9.88 Å². The van der Waals surface area contributed by atoms with Crippen molar-refractivity contribution >= 4 is 17.5 Å². The highest BCUT2D eigenvalue weighted by Crippen LogP contribution is 2.48. The first-order chi connectivity index (χ1) is 16.7. The molecule has 1 aliphatic carbocycles. The van der Waals surface area contributed by atoms with Gasteiger partial charge < -0.3 is 9.84 Å². The molecule has 1 fully saturated rings. The zero-order chi connectivity index (χ0) is 24.8. The molecule has 0 unspecified atom stereocenters. The SMILES string of the molecule is CC(C)(O)c1ccc2c(c1)C(=O)N(Cc1ccc(C#N)cn1)[C@@]2(OCC1CC1)c1ccc(Cl)cc1. The first-order valence-electron chi connectivity index (χ1n) is 11.7. The summed E-state index contributed by atoms with van der Waals surface area (Å²) in [6.45, 7) is 4.09. The Morgan fingerprint density at radius 3 is 2.54 bits per heavy atom. The van der Waals surface area contributed by atoms with Crippen LogP contribution >= 0.6 is 11.6 Å². The van der Waals surface area contributed by atoms with Gasteiger partial charge in [-0.05, 0) is 68.5 Å². The first-order valence-corrected chi connectivity index (χ1v) is 12.0. The Morgan fingerprint density at radius 2 is 1.94 bits per heavy atom. The molecule has 35 heavy (non-hydrogen) atoms. The van der Waals surface area contributed by atoms with E-state index in [-0.39, 0.29) is 12.5 Å². The van der Waals surface area contributed by atoms with Crippen molar-refractivity contribution in [3.8, 4) is 6.07 Å². The van der Waals surface area contributed by atoms with Crippen molar-refractivity contribution in [1.29, 1.82) is 5.26 Å². The summed E-state index contributed by atoms with van der Waals surface area (Å²) >= 11 is 6.21. The fraction of sp³-hybridized carbons (Fsp3) is 0.321. The highest BCUT2D eigenvalue weighted by Gasteiger charge is 2.53. The van der Waals surface area contributed by atoms with E-state index >= 15 is 0 Å². The number of aliphatic hydroxyl groups is 1. The van der Waals surface area contributed by atoms with Crippen LogP contribution in [0.5, 0.6) is 0 Å². The van der Waals surface area contributed by atoms with Gasteiger partial charge in [-0.1, -0.05) is 35.9 Å². The van der Waals surface area contributed by atoms with Crippen LogP contribution in [0.2, 0.25) is 5.02 Å². The van der Waals surface area contributed by atoms with Gasteiger partial charge in [-0.15, -0.1) is 0 Å². The van der Waals surface area contributed by atoms with Crippen molar-refractivity contribution in [3.05, 3.63) is 99.3 Å². The second-order valence-electron chi connectivity index (χ2n) is 9.77. The summed E-state index contributed by atoms with van der Waals surface area (Å²) in [7, 11) is 0. The lowest BCUT2D eigenvalue weighted by atomic mass is 9.89. The first kappa shape index (κ1) is 23.5. The molecule has 1 aromatic heterocycles. The molecule has 2 aliphatic rings. The summed E-state index contributed by atoms with van der Waals surface area (Å²) in [5.41, 5.74) is 1.48. The molecular formula is C28H26ClN3O3. The number of aromatic nitrogens is 1. The number of amides is 1. The second-order valence-corrected chi connectivity index (χ2v) is 10.2. The Morgan fingerprint density at radius 1 is 1.20 bits per heavy atom. The van der Waals surface area contributed by atoms with Crippen molar-refractivity contribution in [2.24, 2.45) is 5.92 Å². The lowest BCUT2D eigenvalue weighted by molar-refractivity contribution is -0.115. The minimum Gasteiger partial charge on any atom is -0.386 e. The third-order valence-corrected chi connectivity index (χ3v) is 6.93. The van der Waals surface area contributed by atoms with Gasteiger partial charge in [0.25, 0.3) is 5.91 Å². The van der Waals surface area contributed by atoms with Crippen molar-refractivity contribution in [3.63, 3.8) is 0 Å². The molecule has 0 spiro atoms. The standard InChI is InChI=1S/C28H26ClN3O3/c1-27(2,34)21-8-12-25-24(13-21)26(33)32(16-23-11-5-19(14-30)15-31-23)28(25,35-17-18-3-4-18)20-6-9-22(29)10-7-20/h5-13,15,18,34H,3-4,16-17H2,1-2H3/t28-/m1/s1. The predicted molar refractivity (Wildman–Crippen MR) is 131 cm³/mol. The molecular weight excluding hydrogens is 462 g/mol. The number of hydrogen-bond donors (Lipinski definition) is 1. The van der Waals surface area contributed by atoms with Gasteiger partial charge in [0.05, 0.1) is 30.0 Å². The summed E-state index contributed by atoms with van der Waals surface area (Å²) < 4.78 is 6.71. The number of benzene rings is 2. The summed E-state index contributed by atoms with van der Waals surface area (Å²) in [5.74, 6) is 0.256. The summed E-state index contributed by atoms with van der Waals surface area (Å²) in [5, 5.41) is 20.3. The summed E-state index contributed by atoms with van der Waals surface area (Å²) in [4.78, 5) is 20.1. The van der Waals surface area contributed by atoms with Gasteiger partial charge in [0.1, 0.15) is 6.07 Å². The maximum absolute atomic E-state index is 14.0. The van der Waals surface area contributed by atoms with Crippen LogP contribution in [0.3, 0.4) is 0 Å². The van der Waals surface area contributed by atoms with Crippen molar-refractivity contribution in [2.45, 2.75) is 44.6 Å². The molecule has 0 radical (unpaired) electrons. The number of halogens is 1. The predicted octanol–water partition coefficient (Wildman–Crippen LogP) is 5.12. The van der Waals surface area contributed by atoms with E-state index in [1.165, 1.54) is 6.20 Å². The fourth-order valence-corrected chi connectivity index (χ4v) is 4.64. The summed E-state index contributed by atoms with van der Waals surface area (Å²) in [6, 6.07) is 18.4. The number of carbonyl (C=O) groups excluding carboxylic acids is 1. The molecule has 1 saturated carbocycles. The summed E-state index contributed by atoms with van der Waals surface area (Å²) in [6.07, 6.45) is 3.71. The van der Waals surface area contributed by atoms with Crippen LogP contribution in [0.15, 0.2) is 60.8 Å². The Bertz CT molecular complexity index is 1310. The fourth-order valence-electron chi connectivity index (χ4n) is 4.51. The zero-order valence-corrected chi connectivity index (χ0v) is 20.4. The number of ether oxygens (including phenoxy) is 1. The largest absolute Gasteiger partial charge is 0.386 e. The van der Waals surface area contributed by atoms with Gasteiger partial charge in [0.2, 0.25) is 0 Å². The number of nitrogens with zero attached hydrogens (tertiary/aromatic N) is 3. The maximum atomic E-state index is 14.0. The van der Waals surface area contributed by atoms with Gasteiger partial charge >= 0.3 is 0 Å². The number of pyridine rings is 1. The lowest BCUT2D eigenvalue weighted by Crippen LogP contribution is -2.47. The molecule has 0 bridgehead atoms. The van der Waals surface area contributed by atoms with Crippen LogP contribution in [-0.4, -0.2) is 27.5 Å². The van der Waals surface area contributed by atoms with Crippen molar-refractivity contribution in [2.75, 3.05) is 6.61 Å². The van der Waals surface area contributed by atoms with Crippen LogP contribution in [-0.2, 0) is 22.6 Å². The molecule has 178 valence electrons. The van der Waals surface area contributed by atoms with Crippen LogP contribution in [0.1, 0.15) is 65.0 Å². The third-order valence-electron chi connectivity index (χ3n) is 6.68. The molecule has 7 heteroatoms. The van der Waals surface area contributed by atoms with Gasteiger partial charge in [0.15, 0.2) is 5.72 Å². The topological polar surface area (TPSA) is 86.5 Å². The van der Waals surface area contributed by atoms with E-state index in [2.05, 4.69) is 11.1 Å². The van der Waals surface area contributed by atoms with Crippen LogP contribution in [0.25, 0.3) is 0 Å². The molecule has 3 aromatic rings. The highest BCUT2D eigenvalue weighted by molar-refractivity contribution is 6.30. The number of rotatable bonds is 7. The smallest absolute Gasteiger partial charge is 0.257 e. The molecule has 1 aliphatic heterocycles. The maximum Gasteiger partial charge on any atom is 0.257 e. The molecule has 5 rings (SSSR count). The molecule has 1 amide bonds. The molecule has 0 saturated heterocycles. The van der Waals surface area contributed by atoms with Crippen LogP contribution < -0.4 is 0 Å². The van der Waals surface area contributed by atoms with E-state index in [0.29, 0.717) is 39.9 Å². The Hall–Kier alpha value is -3.24. The number of fused-ring (bicyclic) bond motifs is 1. The number of carbonyl (C=O) groups is 1. The van der Waals surface area contributed by atoms with Gasteiger partial charge in [-0.25, -0.2) is 0 Å². The van der Waals surface area contributed by atoms with E-state index in [0.717, 1.165) is 24.0 Å². The Labute approximate surface area is 209 Å². The Kier molecular flexibility index (Phi) is 5.88. The normalized spacial score (nSPS) is 19.5. The van der Waals surface area contributed by atoms with E-state index < -0.39 is 11.3 Å². The van der Waals surface area contributed by atoms with Gasteiger partial charge in [-0.2, -0.15) is 5.26 Å². The Balaban J connectivity index is 1.68. The second kappa shape index (κ2) is 8.76. The van der Waals surface area contributed by atoms with Crippen molar-refractivity contribution < 1.29 is 14.6 Å². The molecule has 1 atom stereocenters. The molecule has 2 heterocycles.